The maximum Gasteiger partial charge on any atom is 0.341 e. The Morgan fingerprint density at radius 3 is 2.77 bits per heavy atom. The summed E-state index contributed by atoms with van der Waals surface area (Å²) in [6.07, 6.45) is 2.00. The van der Waals surface area contributed by atoms with Gasteiger partial charge >= 0.3 is 5.97 Å². The fraction of sp³-hybridized carbons (Fsp3) is 0.286. The number of esters is 1. The monoisotopic (exact) mass is 424 g/mol. The summed E-state index contributed by atoms with van der Waals surface area (Å²) in [6, 6.07) is 11.4. The number of rotatable bonds is 7. The van der Waals surface area contributed by atoms with Crippen LogP contribution >= 0.6 is 0 Å². The van der Waals surface area contributed by atoms with E-state index in [4.69, 9.17) is 14.0 Å². The Morgan fingerprint density at radius 2 is 2.03 bits per heavy atom. The van der Waals surface area contributed by atoms with Gasteiger partial charge in [-0.1, -0.05) is 17.3 Å². The van der Waals surface area contributed by atoms with Crippen molar-refractivity contribution in [3.63, 3.8) is 0 Å². The Hall–Kier alpha value is -3.95. The Kier molecular flexibility index (Phi) is 5.78. The minimum absolute atomic E-state index is 0.110. The van der Waals surface area contributed by atoms with Gasteiger partial charge in [-0.3, -0.25) is 10.1 Å². The van der Waals surface area contributed by atoms with Crippen molar-refractivity contribution in [1.29, 1.82) is 0 Å². The van der Waals surface area contributed by atoms with E-state index in [2.05, 4.69) is 10.1 Å². The van der Waals surface area contributed by atoms with Gasteiger partial charge in [0.05, 0.1) is 23.3 Å². The van der Waals surface area contributed by atoms with Gasteiger partial charge in [-0.05, 0) is 31.0 Å². The van der Waals surface area contributed by atoms with Gasteiger partial charge in [0.25, 0.3) is 11.6 Å². The Morgan fingerprint density at radius 1 is 1.23 bits per heavy atom. The number of anilines is 1. The Balaban J connectivity index is 1.50. The molecule has 1 aromatic heterocycles. The lowest BCUT2D eigenvalue weighted by Gasteiger charge is -2.20. The van der Waals surface area contributed by atoms with Crippen molar-refractivity contribution in [2.75, 3.05) is 25.1 Å². The number of nitrogens with zero attached hydrogens (tertiary/aromatic N) is 4. The van der Waals surface area contributed by atoms with Crippen LogP contribution in [0.25, 0.3) is 11.4 Å². The zero-order valence-corrected chi connectivity index (χ0v) is 16.8. The molecule has 0 N–H and O–H groups in total. The molecule has 2 heterocycles. The number of carbonyl (C=O) groups excluding carboxylic acids is 1. The molecule has 0 unspecified atom stereocenters. The fourth-order valence-corrected chi connectivity index (χ4v) is 3.43. The highest BCUT2D eigenvalue weighted by Crippen LogP contribution is 2.29. The quantitative estimate of drug-likeness (QED) is 0.318. The number of nitro benzene ring substituents is 1. The molecular formula is C21H20N4O6. The molecule has 0 spiro atoms. The Bertz CT molecular complexity index is 1110. The standard InChI is InChI=1S/C21H20N4O6/c1-29-16-6-4-5-14(11-16)20-22-19(31-23-20)13-30-21(26)17-12-15(25(27)28)7-8-18(17)24-9-2-3-10-24/h4-8,11-12H,2-3,9-10,13H2,1H3. The number of non-ortho nitro benzene ring substituents is 1. The van der Waals surface area contributed by atoms with Crippen molar-refractivity contribution in [2.24, 2.45) is 0 Å². The number of hydrogen-bond acceptors (Lipinski definition) is 9. The van der Waals surface area contributed by atoms with E-state index >= 15 is 0 Å². The average molecular weight is 424 g/mol. The number of hydrogen-bond donors (Lipinski definition) is 0. The van der Waals surface area contributed by atoms with E-state index in [1.165, 1.54) is 12.1 Å². The predicted octanol–water partition coefficient (Wildman–Crippen LogP) is 3.61. The molecule has 0 aliphatic carbocycles. The number of carbonyl (C=O) groups is 1. The second-order valence-electron chi connectivity index (χ2n) is 6.97. The van der Waals surface area contributed by atoms with Crippen LogP contribution in [0, 0.1) is 10.1 Å². The molecule has 31 heavy (non-hydrogen) atoms. The molecule has 1 fully saturated rings. The van der Waals surface area contributed by atoms with Crippen LogP contribution in [-0.4, -0.2) is 41.2 Å². The first kappa shape index (κ1) is 20.3. The highest BCUT2D eigenvalue weighted by Gasteiger charge is 2.24. The van der Waals surface area contributed by atoms with Gasteiger partial charge in [0, 0.05) is 30.8 Å². The first-order valence-corrected chi connectivity index (χ1v) is 9.72. The van der Waals surface area contributed by atoms with Crippen LogP contribution in [0.4, 0.5) is 11.4 Å². The van der Waals surface area contributed by atoms with Crippen molar-refractivity contribution in [3.8, 4) is 17.1 Å². The molecule has 1 aliphatic rings. The summed E-state index contributed by atoms with van der Waals surface area (Å²) in [5.41, 5.74) is 1.28. The van der Waals surface area contributed by atoms with Gasteiger partial charge in [-0.25, -0.2) is 4.79 Å². The van der Waals surface area contributed by atoms with Crippen molar-refractivity contribution < 1.29 is 23.7 Å². The van der Waals surface area contributed by atoms with E-state index < -0.39 is 10.9 Å². The third-order valence-corrected chi connectivity index (χ3v) is 4.98. The number of aromatic nitrogens is 2. The molecule has 0 amide bonds. The predicted molar refractivity (Wildman–Crippen MR) is 110 cm³/mol. The van der Waals surface area contributed by atoms with Crippen molar-refractivity contribution in [3.05, 3.63) is 64.0 Å². The highest BCUT2D eigenvalue weighted by atomic mass is 16.6. The van der Waals surface area contributed by atoms with E-state index in [0.29, 0.717) is 22.8 Å². The lowest BCUT2D eigenvalue weighted by molar-refractivity contribution is -0.384. The van der Waals surface area contributed by atoms with Crippen LogP contribution in [-0.2, 0) is 11.3 Å². The maximum absolute atomic E-state index is 12.8. The second-order valence-corrected chi connectivity index (χ2v) is 6.97. The SMILES string of the molecule is COc1cccc(-c2noc(COC(=O)c3cc([N+](=O)[O-])ccc3N3CCCC3)n2)c1. The largest absolute Gasteiger partial charge is 0.497 e. The number of nitro groups is 1. The van der Waals surface area contributed by atoms with Crippen LogP contribution in [0.3, 0.4) is 0 Å². The molecule has 10 nitrogen and oxygen atoms in total. The smallest absolute Gasteiger partial charge is 0.341 e. The molecule has 10 heteroatoms. The number of benzene rings is 2. The maximum atomic E-state index is 12.8. The minimum Gasteiger partial charge on any atom is -0.497 e. The normalized spacial score (nSPS) is 13.3. The van der Waals surface area contributed by atoms with E-state index in [0.717, 1.165) is 25.9 Å². The molecule has 0 saturated carbocycles. The molecule has 3 aromatic rings. The van der Waals surface area contributed by atoms with Crippen LogP contribution in [0.2, 0.25) is 0 Å². The van der Waals surface area contributed by atoms with E-state index in [-0.39, 0.29) is 23.7 Å². The van der Waals surface area contributed by atoms with Crippen molar-refractivity contribution in [2.45, 2.75) is 19.4 Å². The Labute approximate surface area is 177 Å². The lowest BCUT2D eigenvalue weighted by Crippen LogP contribution is -2.21. The molecule has 0 atom stereocenters. The molecule has 4 rings (SSSR count). The molecule has 160 valence electrons. The zero-order chi connectivity index (χ0) is 21.8. The first-order chi connectivity index (χ1) is 15.0. The van der Waals surface area contributed by atoms with Gasteiger partial charge in [0.2, 0.25) is 5.82 Å². The molecule has 0 bridgehead atoms. The fourth-order valence-electron chi connectivity index (χ4n) is 3.43. The summed E-state index contributed by atoms with van der Waals surface area (Å²) in [4.78, 5) is 29.6. The van der Waals surface area contributed by atoms with E-state index in [9.17, 15) is 14.9 Å². The summed E-state index contributed by atoms with van der Waals surface area (Å²) < 4.78 is 15.7. The van der Waals surface area contributed by atoms with Crippen LogP contribution in [0.5, 0.6) is 5.75 Å². The molecule has 2 aromatic carbocycles. The average Bonchev–Trinajstić information content (AvgIpc) is 3.49. The number of methoxy groups -OCH3 is 1. The van der Waals surface area contributed by atoms with E-state index in [1.54, 1.807) is 37.4 Å². The summed E-state index contributed by atoms with van der Waals surface area (Å²) in [5, 5.41) is 15.1. The summed E-state index contributed by atoms with van der Waals surface area (Å²) in [5.74, 6) is 0.402. The molecule has 0 radical (unpaired) electrons. The third-order valence-electron chi connectivity index (χ3n) is 4.98. The van der Waals surface area contributed by atoms with Gasteiger partial charge in [0.15, 0.2) is 6.61 Å². The van der Waals surface area contributed by atoms with Crippen molar-refractivity contribution in [1.82, 2.24) is 10.1 Å². The minimum atomic E-state index is -0.688. The van der Waals surface area contributed by atoms with Crippen LogP contribution < -0.4 is 9.64 Å². The van der Waals surface area contributed by atoms with E-state index in [1.807, 2.05) is 4.90 Å². The van der Waals surface area contributed by atoms with Gasteiger partial charge < -0.3 is 18.9 Å². The summed E-state index contributed by atoms with van der Waals surface area (Å²) in [6.45, 7) is 1.31. The lowest BCUT2D eigenvalue weighted by atomic mass is 10.1. The van der Waals surface area contributed by atoms with Gasteiger partial charge in [0.1, 0.15) is 5.75 Å². The molecule has 1 aliphatic heterocycles. The third kappa shape index (κ3) is 4.47. The topological polar surface area (TPSA) is 121 Å². The first-order valence-electron chi connectivity index (χ1n) is 9.72. The van der Waals surface area contributed by atoms with Gasteiger partial charge in [-0.2, -0.15) is 4.98 Å². The summed E-state index contributed by atoms with van der Waals surface area (Å²) in [7, 11) is 1.56. The molecular weight excluding hydrogens is 404 g/mol. The highest BCUT2D eigenvalue weighted by molar-refractivity contribution is 5.96. The second kappa shape index (κ2) is 8.82. The zero-order valence-electron chi connectivity index (χ0n) is 16.8. The van der Waals surface area contributed by atoms with Gasteiger partial charge in [-0.15, -0.1) is 0 Å². The number of ether oxygens (including phenoxy) is 2. The molecule has 1 saturated heterocycles. The van der Waals surface area contributed by atoms with Crippen molar-refractivity contribution >= 4 is 17.3 Å². The summed E-state index contributed by atoms with van der Waals surface area (Å²) >= 11 is 0. The van der Waals surface area contributed by atoms with Crippen LogP contribution in [0.1, 0.15) is 29.1 Å². The van der Waals surface area contributed by atoms with Crippen LogP contribution in [0.15, 0.2) is 47.0 Å².